The van der Waals surface area contributed by atoms with Crippen molar-refractivity contribution in [3.8, 4) is 5.88 Å². The Hall–Kier alpha value is -1.81. The molecule has 0 radical (unpaired) electrons. The topological polar surface area (TPSA) is 37.5 Å². The summed E-state index contributed by atoms with van der Waals surface area (Å²) >= 11 is 1.70. The van der Waals surface area contributed by atoms with Gasteiger partial charge in [-0.15, -0.1) is 11.3 Å². The molecule has 4 heteroatoms. The van der Waals surface area contributed by atoms with E-state index < -0.39 is 0 Å². The highest BCUT2D eigenvalue weighted by atomic mass is 32.1. The van der Waals surface area contributed by atoms with Crippen molar-refractivity contribution in [3.05, 3.63) is 52.6 Å². The minimum absolute atomic E-state index is 0.238. The molecule has 0 fully saturated rings. The molecule has 16 heavy (non-hydrogen) atoms. The van der Waals surface area contributed by atoms with Crippen molar-refractivity contribution in [2.24, 2.45) is 0 Å². The van der Waals surface area contributed by atoms with E-state index in [1.807, 2.05) is 23.6 Å². The Labute approximate surface area is 96.6 Å². The van der Waals surface area contributed by atoms with Gasteiger partial charge >= 0.3 is 0 Å². The molecular formula is C12H10N2OS. The normalized spacial score (nSPS) is 11.0. The zero-order valence-corrected chi connectivity index (χ0v) is 9.31. The Morgan fingerprint density at radius 1 is 1.25 bits per heavy atom. The van der Waals surface area contributed by atoms with Crippen LogP contribution in [0.25, 0.3) is 5.52 Å². The molecule has 0 saturated carbocycles. The maximum Gasteiger partial charge on any atom is 0.197 e. The van der Waals surface area contributed by atoms with Gasteiger partial charge in [-0.1, -0.05) is 12.1 Å². The summed E-state index contributed by atoms with van der Waals surface area (Å²) in [6, 6.07) is 9.53. The Bertz CT molecular complexity index is 613. The first-order valence-corrected chi connectivity index (χ1v) is 5.89. The van der Waals surface area contributed by atoms with Crippen molar-refractivity contribution in [1.82, 2.24) is 9.38 Å². The fourth-order valence-corrected chi connectivity index (χ4v) is 2.49. The molecule has 0 bridgehead atoms. The predicted molar refractivity (Wildman–Crippen MR) is 64.0 cm³/mol. The Kier molecular flexibility index (Phi) is 2.15. The van der Waals surface area contributed by atoms with Crippen LogP contribution in [0, 0.1) is 0 Å². The summed E-state index contributed by atoms with van der Waals surface area (Å²) in [6.07, 6.45) is 2.53. The number of thiophene rings is 1. The number of rotatable bonds is 2. The molecule has 80 valence electrons. The number of hydrogen-bond acceptors (Lipinski definition) is 3. The van der Waals surface area contributed by atoms with Gasteiger partial charge in [0.1, 0.15) is 5.82 Å². The molecule has 0 unspecified atom stereocenters. The Balaban J connectivity index is 2.10. The van der Waals surface area contributed by atoms with Gasteiger partial charge in [-0.2, -0.15) is 0 Å². The molecule has 3 nitrogen and oxygen atoms in total. The molecule has 1 N–H and O–H groups in total. The second kappa shape index (κ2) is 3.64. The number of pyridine rings is 1. The molecule has 0 spiro atoms. The first kappa shape index (κ1) is 9.42. The van der Waals surface area contributed by atoms with E-state index in [0.29, 0.717) is 0 Å². The van der Waals surface area contributed by atoms with Crippen molar-refractivity contribution in [1.29, 1.82) is 0 Å². The van der Waals surface area contributed by atoms with E-state index in [-0.39, 0.29) is 5.88 Å². The van der Waals surface area contributed by atoms with Crippen LogP contribution < -0.4 is 0 Å². The monoisotopic (exact) mass is 230 g/mol. The van der Waals surface area contributed by atoms with Gasteiger partial charge in [0.05, 0.1) is 11.7 Å². The van der Waals surface area contributed by atoms with Gasteiger partial charge in [-0.25, -0.2) is 4.98 Å². The van der Waals surface area contributed by atoms with Gasteiger partial charge in [0.25, 0.3) is 0 Å². The van der Waals surface area contributed by atoms with Crippen molar-refractivity contribution in [2.45, 2.75) is 6.42 Å². The lowest BCUT2D eigenvalue weighted by molar-refractivity contribution is 0.443. The second-order valence-electron chi connectivity index (χ2n) is 3.57. The minimum Gasteiger partial charge on any atom is -0.494 e. The first-order valence-electron chi connectivity index (χ1n) is 5.01. The number of nitrogens with zero attached hydrogens (tertiary/aromatic N) is 2. The summed E-state index contributed by atoms with van der Waals surface area (Å²) < 4.78 is 1.78. The van der Waals surface area contributed by atoms with Crippen LogP contribution in [-0.4, -0.2) is 14.5 Å². The number of aromatic nitrogens is 2. The predicted octanol–water partition coefficient (Wildman–Crippen LogP) is 2.69. The average Bonchev–Trinajstić information content (AvgIpc) is 2.90. The van der Waals surface area contributed by atoms with Crippen LogP contribution >= 0.6 is 11.3 Å². The van der Waals surface area contributed by atoms with Crippen molar-refractivity contribution >= 4 is 16.9 Å². The third-order valence-electron chi connectivity index (χ3n) is 2.52. The SMILES string of the molecule is Oc1cccc2cnc(Cc3cccs3)n12. The van der Waals surface area contributed by atoms with Gasteiger partial charge in [0.15, 0.2) is 5.88 Å². The largest absolute Gasteiger partial charge is 0.494 e. The van der Waals surface area contributed by atoms with E-state index in [1.54, 1.807) is 28.0 Å². The maximum absolute atomic E-state index is 9.80. The molecule has 3 heterocycles. The van der Waals surface area contributed by atoms with E-state index in [2.05, 4.69) is 11.1 Å². The lowest BCUT2D eigenvalue weighted by atomic mass is 10.3. The van der Waals surface area contributed by atoms with Gasteiger partial charge in [0.2, 0.25) is 0 Å². The second-order valence-corrected chi connectivity index (χ2v) is 4.61. The van der Waals surface area contributed by atoms with Crippen LogP contribution in [0.5, 0.6) is 5.88 Å². The fraction of sp³-hybridized carbons (Fsp3) is 0.0833. The zero-order chi connectivity index (χ0) is 11.0. The molecule has 0 aliphatic rings. The fourth-order valence-electron chi connectivity index (χ4n) is 1.79. The third-order valence-corrected chi connectivity index (χ3v) is 3.39. The molecule has 0 atom stereocenters. The van der Waals surface area contributed by atoms with Crippen LogP contribution in [0.1, 0.15) is 10.7 Å². The van der Waals surface area contributed by atoms with Crippen LogP contribution in [0.2, 0.25) is 0 Å². The Morgan fingerprint density at radius 2 is 2.19 bits per heavy atom. The summed E-state index contributed by atoms with van der Waals surface area (Å²) in [5.41, 5.74) is 0.923. The van der Waals surface area contributed by atoms with E-state index in [1.165, 1.54) is 4.88 Å². The van der Waals surface area contributed by atoms with E-state index in [0.717, 1.165) is 17.8 Å². The highest BCUT2D eigenvalue weighted by Crippen LogP contribution is 2.19. The highest BCUT2D eigenvalue weighted by molar-refractivity contribution is 7.09. The van der Waals surface area contributed by atoms with Gasteiger partial charge in [-0.3, -0.25) is 4.40 Å². The van der Waals surface area contributed by atoms with Gasteiger partial charge in [-0.05, 0) is 23.6 Å². The van der Waals surface area contributed by atoms with Crippen molar-refractivity contribution < 1.29 is 5.11 Å². The van der Waals surface area contributed by atoms with Crippen molar-refractivity contribution in [3.63, 3.8) is 0 Å². The van der Waals surface area contributed by atoms with Crippen molar-refractivity contribution in [2.75, 3.05) is 0 Å². The summed E-state index contributed by atoms with van der Waals surface area (Å²) in [5.74, 6) is 1.11. The highest BCUT2D eigenvalue weighted by Gasteiger charge is 2.07. The van der Waals surface area contributed by atoms with E-state index >= 15 is 0 Å². The zero-order valence-electron chi connectivity index (χ0n) is 8.50. The summed E-state index contributed by atoms with van der Waals surface area (Å²) in [7, 11) is 0. The molecule has 3 rings (SSSR count). The summed E-state index contributed by atoms with van der Waals surface area (Å²) in [4.78, 5) is 5.59. The standard InChI is InChI=1S/C12H10N2OS/c15-12-5-1-3-9-8-13-11(14(9)12)7-10-4-2-6-16-10/h1-6,8,15H,7H2. The maximum atomic E-state index is 9.80. The number of imidazole rings is 1. The molecule has 0 aromatic carbocycles. The van der Waals surface area contributed by atoms with Gasteiger partial charge in [0, 0.05) is 11.3 Å². The van der Waals surface area contributed by atoms with Gasteiger partial charge < -0.3 is 5.11 Å². The van der Waals surface area contributed by atoms with E-state index in [4.69, 9.17) is 0 Å². The van der Waals surface area contributed by atoms with Crippen LogP contribution in [0.4, 0.5) is 0 Å². The lowest BCUT2D eigenvalue weighted by Gasteiger charge is -2.02. The Morgan fingerprint density at radius 3 is 3.00 bits per heavy atom. The molecule has 3 aromatic heterocycles. The van der Waals surface area contributed by atoms with Crippen LogP contribution in [0.3, 0.4) is 0 Å². The lowest BCUT2D eigenvalue weighted by Crippen LogP contribution is -1.95. The average molecular weight is 230 g/mol. The quantitative estimate of drug-likeness (QED) is 0.735. The number of fused-ring (bicyclic) bond motifs is 1. The number of aromatic hydroxyl groups is 1. The molecule has 0 saturated heterocycles. The summed E-state index contributed by atoms with van der Waals surface area (Å²) in [6.45, 7) is 0. The third kappa shape index (κ3) is 1.47. The molecule has 3 aromatic rings. The summed E-state index contributed by atoms with van der Waals surface area (Å²) in [5, 5.41) is 11.8. The van der Waals surface area contributed by atoms with Crippen LogP contribution in [0.15, 0.2) is 41.9 Å². The molecule has 0 aliphatic heterocycles. The van der Waals surface area contributed by atoms with E-state index in [9.17, 15) is 5.11 Å². The smallest absolute Gasteiger partial charge is 0.197 e. The number of hydrogen-bond donors (Lipinski definition) is 1. The van der Waals surface area contributed by atoms with Crippen LogP contribution in [-0.2, 0) is 6.42 Å². The molecule has 0 aliphatic carbocycles. The minimum atomic E-state index is 0.238. The first-order chi connectivity index (χ1) is 7.84. The molecule has 0 amide bonds. The molecular weight excluding hydrogens is 220 g/mol.